The maximum atomic E-state index is 12.5. The van der Waals surface area contributed by atoms with Crippen LogP contribution in [0.2, 0.25) is 0 Å². The van der Waals surface area contributed by atoms with Crippen LogP contribution in [0.4, 0.5) is 5.69 Å². The van der Waals surface area contributed by atoms with Crippen LogP contribution in [0.5, 0.6) is 0 Å². The van der Waals surface area contributed by atoms with Crippen molar-refractivity contribution in [3.63, 3.8) is 0 Å². The Hall–Kier alpha value is -1.96. The van der Waals surface area contributed by atoms with E-state index in [2.05, 4.69) is 10.4 Å². The van der Waals surface area contributed by atoms with E-state index >= 15 is 0 Å². The van der Waals surface area contributed by atoms with Crippen LogP contribution in [0.3, 0.4) is 0 Å². The summed E-state index contributed by atoms with van der Waals surface area (Å²) in [5, 5.41) is 18.3. The molecule has 2 rings (SSSR count). The molecule has 0 aromatic carbocycles. The molecule has 19 heavy (non-hydrogen) atoms. The van der Waals surface area contributed by atoms with Gasteiger partial charge in [-0.25, -0.2) is 0 Å². The summed E-state index contributed by atoms with van der Waals surface area (Å²) in [6.07, 6.45) is 0. The number of rotatable bonds is 2. The molecule has 104 valence electrons. The Morgan fingerprint density at radius 3 is 2.84 bits per heavy atom. The zero-order valence-electron chi connectivity index (χ0n) is 11.2. The summed E-state index contributed by atoms with van der Waals surface area (Å²) in [7, 11) is 1.56. The van der Waals surface area contributed by atoms with Gasteiger partial charge in [0.05, 0.1) is 4.92 Å². The minimum Gasteiger partial charge on any atom is -0.332 e. The molecule has 0 radical (unpaired) electrons. The number of carbonyl (C=O) groups is 1. The summed E-state index contributed by atoms with van der Waals surface area (Å²) >= 11 is 0. The summed E-state index contributed by atoms with van der Waals surface area (Å²) in [4.78, 5) is 24.7. The van der Waals surface area contributed by atoms with Gasteiger partial charge in [0.15, 0.2) is 0 Å². The molecule has 1 aromatic heterocycles. The molecule has 0 bridgehead atoms. The fourth-order valence-corrected chi connectivity index (χ4v) is 2.38. The molecule has 1 aromatic rings. The summed E-state index contributed by atoms with van der Waals surface area (Å²) < 4.78 is 1.30. The van der Waals surface area contributed by atoms with E-state index in [9.17, 15) is 14.9 Å². The normalized spacial score (nSPS) is 19.5. The Morgan fingerprint density at radius 1 is 1.58 bits per heavy atom. The third-order valence-electron chi connectivity index (χ3n) is 3.34. The van der Waals surface area contributed by atoms with Crippen molar-refractivity contribution >= 4 is 11.6 Å². The lowest BCUT2D eigenvalue weighted by Gasteiger charge is -2.33. The lowest BCUT2D eigenvalue weighted by Crippen LogP contribution is -2.52. The highest BCUT2D eigenvalue weighted by Gasteiger charge is 2.34. The van der Waals surface area contributed by atoms with E-state index in [-0.39, 0.29) is 29.0 Å². The number of hydrogen-bond acceptors (Lipinski definition) is 5. The van der Waals surface area contributed by atoms with Crippen LogP contribution in [0, 0.1) is 17.0 Å². The number of aryl methyl sites for hydroxylation is 2. The van der Waals surface area contributed by atoms with Crippen LogP contribution in [-0.2, 0) is 7.05 Å². The smallest absolute Gasteiger partial charge is 0.322 e. The Labute approximate surface area is 110 Å². The summed E-state index contributed by atoms with van der Waals surface area (Å²) in [6, 6.07) is 0.0102. The van der Waals surface area contributed by atoms with Gasteiger partial charge in [-0.05, 0) is 13.8 Å². The number of nitrogens with zero attached hydrogens (tertiary/aromatic N) is 4. The van der Waals surface area contributed by atoms with E-state index in [1.54, 1.807) is 11.9 Å². The maximum absolute atomic E-state index is 12.5. The molecule has 1 saturated heterocycles. The number of aromatic nitrogens is 2. The molecule has 1 aliphatic heterocycles. The molecule has 0 saturated carbocycles. The van der Waals surface area contributed by atoms with Gasteiger partial charge in [0.25, 0.3) is 5.91 Å². The Kier molecular flexibility index (Phi) is 3.52. The van der Waals surface area contributed by atoms with E-state index in [0.717, 1.165) is 0 Å². The fraction of sp³-hybridized carbons (Fsp3) is 0.636. The quantitative estimate of drug-likeness (QED) is 0.604. The van der Waals surface area contributed by atoms with Crippen LogP contribution < -0.4 is 5.32 Å². The molecule has 1 amide bonds. The van der Waals surface area contributed by atoms with Gasteiger partial charge in [0.1, 0.15) is 5.69 Å². The summed E-state index contributed by atoms with van der Waals surface area (Å²) in [6.45, 7) is 5.38. The topological polar surface area (TPSA) is 93.3 Å². The Morgan fingerprint density at radius 2 is 2.26 bits per heavy atom. The zero-order valence-corrected chi connectivity index (χ0v) is 11.2. The third kappa shape index (κ3) is 2.30. The number of carbonyl (C=O) groups excluding carboxylic acids is 1. The van der Waals surface area contributed by atoms with Crippen molar-refractivity contribution in [1.82, 2.24) is 20.0 Å². The van der Waals surface area contributed by atoms with Crippen LogP contribution in [0.15, 0.2) is 0 Å². The van der Waals surface area contributed by atoms with Crippen LogP contribution in [-0.4, -0.2) is 51.2 Å². The van der Waals surface area contributed by atoms with E-state index < -0.39 is 4.92 Å². The molecular weight excluding hydrogens is 250 g/mol. The van der Waals surface area contributed by atoms with E-state index in [4.69, 9.17) is 0 Å². The van der Waals surface area contributed by atoms with Gasteiger partial charge in [-0.1, -0.05) is 0 Å². The number of nitrogens with one attached hydrogen (secondary N) is 1. The Bertz CT molecular complexity index is 525. The second-order valence-electron chi connectivity index (χ2n) is 4.72. The van der Waals surface area contributed by atoms with Gasteiger partial charge in [-0.15, -0.1) is 0 Å². The van der Waals surface area contributed by atoms with Crippen LogP contribution in [0.25, 0.3) is 0 Å². The highest BCUT2D eigenvalue weighted by Crippen LogP contribution is 2.24. The molecule has 0 spiro atoms. The second-order valence-corrected chi connectivity index (χ2v) is 4.72. The fourth-order valence-electron chi connectivity index (χ4n) is 2.38. The lowest BCUT2D eigenvalue weighted by atomic mass is 10.2. The maximum Gasteiger partial charge on any atom is 0.322 e. The molecule has 1 fully saturated rings. The number of amides is 1. The molecule has 2 heterocycles. The van der Waals surface area contributed by atoms with Crippen molar-refractivity contribution in [3.8, 4) is 0 Å². The standard InChI is InChI=1S/C11H17N5O3/c1-7-6-12-4-5-15(7)11(17)10-9(16(18)19)8(2)13-14(10)3/h7,12H,4-6H2,1-3H3/t7-/m0/s1. The third-order valence-corrected chi connectivity index (χ3v) is 3.34. The molecule has 1 N–H and O–H groups in total. The molecule has 8 nitrogen and oxygen atoms in total. The van der Waals surface area contributed by atoms with Gasteiger partial charge in [-0.2, -0.15) is 5.10 Å². The van der Waals surface area contributed by atoms with Crippen molar-refractivity contribution in [1.29, 1.82) is 0 Å². The molecule has 0 unspecified atom stereocenters. The molecule has 1 atom stereocenters. The first-order valence-electron chi connectivity index (χ1n) is 6.13. The van der Waals surface area contributed by atoms with Gasteiger partial charge in [0, 0.05) is 32.7 Å². The highest BCUT2D eigenvalue weighted by atomic mass is 16.6. The SMILES string of the molecule is Cc1nn(C)c(C(=O)N2CCNC[C@@H]2C)c1[N+](=O)[O-]. The van der Waals surface area contributed by atoms with Crippen LogP contribution in [0.1, 0.15) is 23.1 Å². The predicted molar refractivity (Wildman–Crippen MR) is 68.0 cm³/mol. The average molecular weight is 267 g/mol. The lowest BCUT2D eigenvalue weighted by molar-refractivity contribution is -0.385. The van der Waals surface area contributed by atoms with Gasteiger partial charge in [-0.3, -0.25) is 19.6 Å². The monoisotopic (exact) mass is 267 g/mol. The largest absolute Gasteiger partial charge is 0.332 e. The first kappa shape index (κ1) is 13.5. The van der Waals surface area contributed by atoms with E-state index in [0.29, 0.717) is 19.6 Å². The van der Waals surface area contributed by atoms with E-state index in [1.807, 2.05) is 6.92 Å². The van der Waals surface area contributed by atoms with Crippen molar-refractivity contribution in [2.75, 3.05) is 19.6 Å². The second kappa shape index (κ2) is 4.96. The first-order valence-corrected chi connectivity index (χ1v) is 6.13. The minimum atomic E-state index is -0.539. The molecule has 1 aliphatic rings. The van der Waals surface area contributed by atoms with Crippen molar-refractivity contribution < 1.29 is 9.72 Å². The number of piperazine rings is 1. The number of nitro groups is 1. The highest BCUT2D eigenvalue weighted by molar-refractivity contribution is 5.97. The van der Waals surface area contributed by atoms with Gasteiger partial charge >= 0.3 is 5.69 Å². The van der Waals surface area contributed by atoms with Crippen molar-refractivity contribution in [2.24, 2.45) is 7.05 Å². The van der Waals surface area contributed by atoms with Gasteiger partial charge in [0.2, 0.25) is 5.69 Å². The Balaban J connectivity index is 2.41. The number of hydrogen-bond donors (Lipinski definition) is 1. The van der Waals surface area contributed by atoms with Crippen molar-refractivity contribution in [3.05, 3.63) is 21.5 Å². The minimum absolute atomic E-state index is 0.0102. The molecule has 0 aliphatic carbocycles. The van der Waals surface area contributed by atoms with Crippen molar-refractivity contribution in [2.45, 2.75) is 19.9 Å². The molecule has 8 heteroatoms. The summed E-state index contributed by atoms with van der Waals surface area (Å²) in [5.41, 5.74) is 0.119. The summed E-state index contributed by atoms with van der Waals surface area (Å²) in [5.74, 6) is -0.330. The van der Waals surface area contributed by atoms with Gasteiger partial charge < -0.3 is 10.2 Å². The first-order chi connectivity index (χ1) is 8.93. The van der Waals surface area contributed by atoms with Crippen LogP contribution >= 0.6 is 0 Å². The average Bonchev–Trinajstić information content (AvgIpc) is 2.64. The van der Waals surface area contributed by atoms with E-state index in [1.165, 1.54) is 11.6 Å². The predicted octanol–water partition coefficient (Wildman–Crippen LogP) is 0.0706. The zero-order chi connectivity index (χ0) is 14.2. The molecular formula is C11H17N5O3.